The molecule has 0 fully saturated rings. The minimum atomic E-state index is -1.30. The van der Waals surface area contributed by atoms with Gasteiger partial charge in [0.25, 0.3) is 5.69 Å². The lowest BCUT2D eigenvalue weighted by Gasteiger charge is -2.08. The zero-order valence-electron chi connectivity index (χ0n) is 10.1. The van der Waals surface area contributed by atoms with E-state index in [0.29, 0.717) is 11.6 Å². The summed E-state index contributed by atoms with van der Waals surface area (Å²) in [6.45, 7) is 0.00148. The van der Waals surface area contributed by atoms with Gasteiger partial charge in [0, 0.05) is 30.8 Å². The number of benzene rings is 2. The topological polar surface area (TPSA) is 55.2 Å². The van der Waals surface area contributed by atoms with Crippen LogP contribution in [0.1, 0.15) is 5.56 Å². The van der Waals surface area contributed by atoms with Crippen molar-refractivity contribution in [1.29, 1.82) is 0 Å². The van der Waals surface area contributed by atoms with E-state index in [2.05, 4.69) is 5.32 Å². The Morgan fingerprint density at radius 3 is 2.60 bits per heavy atom. The maximum atomic E-state index is 13.4. The summed E-state index contributed by atoms with van der Waals surface area (Å²) in [7, 11) is 0. The van der Waals surface area contributed by atoms with Crippen molar-refractivity contribution in [3.8, 4) is 0 Å². The molecule has 2 rings (SSSR count). The first kappa shape index (κ1) is 13.9. The van der Waals surface area contributed by atoms with Gasteiger partial charge in [-0.3, -0.25) is 10.1 Å². The molecule has 2 aromatic rings. The number of non-ortho nitro benzene ring substituents is 1. The summed E-state index contributed by atoms with van der Waals surface area (Å²) in [5.74, 6) is -3.41. The molecule has 104 valence electrons. The molecule has 7 heteroatoms. The fourth-order valence-corrected chi connectivity index (χ4v) is 1.66. The first-order valence-electron chi connectivity index (χ1n) is 5.59. The molecule has 2 aromatic carbocycles. The molecule has 0 aliphatic rings. The van der Waals surface area contributed by atoms with Gasteiger partial charge in [-0.1, -0.05) is 12.1 Å². The number of nitro groups is 1. The fourth-order valence-electron chi connectivity index (χ4n) is 1.66. The molecule has 0 saturated carbocycles. The third-order valence-corrected chi connectivity index (χ3v) is 2.60. The predicted octanol–water partition coefficient (Wildman–Crippen LogP) is 3.62. The maximum Gasteiger partial charge on any atom is 0.269 e. The Bertz CT molecular complexity index is 662. The van der Waals surface area contributed by atoms with E-state index < -0.39 is 22.4 Å². The molecule has 0 bridgehead atoms. The van der Waals surface area contributed by atoms with Gasteiger partial charge in [-0.25, -0.2) is 13.2 Å². The van der Waals surface area contributed by atoms with E-state index in [1.165, 1.54) is 18.2 Å². The largest absolute Gasteiger partial charge is 0.378 e. The van der Waals surface area contributed by atoms with Gasteiger partial charge in [0.1, 0.15) is 5.82 Å². The number of nitrogens with one attached hydrogen (secondary N) is 1. The molecule has 4 nitrogen and oxygen atoms in total. The van der Waals surface area contributed by atoms with Crippen LogP contribution in [-0.2, 0) is 6.54 Å². The smallest absolute Gasteiger partial charge is 0.269 e. The number of nitrogens with zero attached hydrogens (tertiary/aromatic N) is 1. The molecule has 0 aromatic heterocycles. The van der Waals surface area contributed by atoms with E-state index in [0.717, 1.165) is 6.07 Å². The Labute approximate surface area is 112 Å². The monoisotopic (exact) mass is 282 g/mol. The number of rotatable bonds is 4. The molecule has 0 radical (unpaired) electrons. The quantitative estimate of drug-likeness (QED) is 0.529. The number of nitro benzene ring substituents is 1. The van der Waals surface area contributed by atoms with Crippen molar-refractivity contribution in [3.63, 3.8) is 0 Å². The molecule has 0 unspecified atom stereocenters. The molecular weight excluding hydrogens is 273 g/mol. The van der Waals surface area contributed by atoms with Crippen molar-refractivity contribution in [1.82, 2.24) is 0 Å². The Morgan fingerprint density at radius 2 is 1.90 bits per heavy atom. The molecule has 0 amide bonds. The Morgan fingerprint density at radius 1 is 1.15 bits per heavy atom. The van der Waals surface area contributed by atoms with Crippen LogP contribution >= 0.6 is 0 Å². The zero-order chi connectivity index (χ0) is 14.7. The van der Waals surface area contributed by atoms with E-state index >= 15 is 0 Å². The van der Waals surface area contributed by atoms with Crippen LogP contribution in [0.3, 0.4) is 0 Å². The lowest BCUT2D eigenvalue weighted by Crippen LogP contribution is -2.04. The summed E-state index contributed by atoms with van der Waals surface area (Å²) >= 11 is 0. The lowest BCUT2D eigenvalue weighted by atomic mass is 10.2. The molecule has 0 heterocycles. The molecule has 0 atom stereocenters. The lowest BCUT2D eigenvalue weighted by molar-refractivity contribution is -0.384. The van der Waals surface area contributed by atoms with E-state index in [1.807, 2.05) is 0 Å². The summed E-state index contributed by atoms with van der Waals surface area (Å²) in [6, 6.07) is 6.90. The van der Waals surface area contributed by atoms with Gasteiger partial charge in [-0.2, -0.15) is 0 Å². The summed E-state index contributed by atoms with van der Waals surface area (Å²) in [5, 5.41) is 13.1. The number of anilines is 1. The molecule has 0 spiro atoms. The van der Waals surface area contributed by atoms with Gasteiger partial charge in [-0.05, 0) is 5.56 Å². The third-order valence-electron chi connectivity index (χ3n) is 2.60. The van der Waals surface area contributed by atoms with Crippen LogP contribution in [0.2, 0.25) is 0 Å². The molecule has 1 N–H and O–H groups in total. The highest BCUT2D eigenvalue weighted by Gasteiger charge is 2.11. The van der Waals surface area contributed by atoms with Gasteiger partial charge < -0.3 is 5.32 Å². The van der Waals surface area contributed by atoms with E-state index in [9.17, 15) is 23.3 Å². The third kappa shape index (κ3) is 3.05. The van der Waals surface area contributed by atoms with Crippen LogP contribution in [0.25, 0.3) is 0 Å². The van der Waals surface area contributed by atoms with Gasteiger partial charge in [0.05, 0.1) is 10.6 Å². The van der Waals surface area contributed by atoms with Gasteiger partial charge in [0.2, 0.25) is 0 Å². The Hall–Kier alpha value is -2.57. The minimum absolute atomic E-state index is 0.00148. The second kappa shape index (κ2) is 5.60. The zero-order valence-corrected chi connectivity index (χ0v) is 10.1. The standard InChI is InChI=1S/C13H9F3N2O2/c14-9-5-11(15)13(16)12(6-9)17-7-8-2-1-3-10(4-8)18(19)20/h1-6,17H,7H2. The summed E-state index contributed by atoms with van der Waals surface area (Å²) in [4.78, 5) is 10.0. The van der Waals surface area contributed by atoms with Crippen molar-refractivity contribution in [3.05, 3.63) is 69.5 Å². The van der Waals surface area contributed by atoms with Crippen molar-refractivity contribution >= 4 is 11.4 Å². The van der Waals surface area contributed by atoms with Gasteiger partial charge >= 0.3 is 0 Å². The predicted molar refractivity (Wildman–Crippen MR) is 66.7 cm³/mol. The highest BCUT2D eigenvalue weighted by molar-refractivity contribution is 5.46. The van der Waals surface area contributed by atoms with Crippen molar-refractivity contribution in [2.75, 3.05) is 5.32 Å². The molecule has 0 aliphatic carbocycles. The second-order valence-electron chi connectivity index (χ2n) is 4.03. The van der Waals surface area contributed by atoms with Crippen LogP contribution < -0.4 is 5.32 Å². The highest BCUT2D eigenvalue weighted by Crippen LogP contribution is 2.20. The van der Waals surface area contributed by atoms with Crippen molar-refractivity contribution in [2.45, 2.75) is 6.54 Å². The van der Waals surface area contributed by atoms with Crippen LogP contribution in [0.4, 0.5) is 24.5 Å². The highest BCUT2D eigenvalue weighted by atomic mass is 19.2. The van der Waals surface area contributed by atoms with Crippen molar-refractivity contribution in [2.24, 2.45) is 0 Å². The normalized spacial score (nSPS) is 10.3. The maximum absolute atomic E-state index is 13.4. The summed E-state index contributed by atoms with van der Waals surface area (Å²) < 4.78 is 39.3. The number of halogens is 3. The minimum Gasteiger partial charge on any atom is -0.378 e. The number of hydrogen-bond acceptors (Lipinski definition) is 3. The van der Waals surface area contributed by atoms with Crippen molar-refractivity contribution < 1.29 is 18.1 Å². The average Bonchev–Trinajstić information content (AvgIpc) is 2.41. The molecular formula is C13H9F3N2O2. The van der Waals surface area contributed by atoms with Gasteiger partial charge in [0.15, 0.2) is 11.6 Å². The summed E-state index contributed by atoms with van der Waals surface area (Å²) in [5.41, 5.74) is 0.0347. The van der Waals surface area contributed by atoms with Crippen LogP contribution in [0.5, 0.6) is 0 Å². The molecule has 0 aliphatic heterocycles. The SMILES string of the molecule is O=[N+]([O-])c1cccc(CNc2cc(F)cc(F)c2F)c1. The molecule has 20 heavy (non-hydrogen) atoms. The Kier molecular flexibility index (Phi) is 3.88. The first-order chi connectivity index (χ1) is 9.47. The Balaban J connectivity index is 2.17. The van der Waals surface area contributed by atoms with Gasteiger partial charge in [-0.15, -0.1) is 0 Å². The first-order valence-corrected chi connectivity index (χ1v) is 5.59. The van der Waals surface area contributed by atoms with E-state index in [-0.39, 0.29) is 17.9 Å². The second-order valence-corrected chi connectivity index (χ2v) is 4.03. The summed E-state index contributed by atoms with van der Waals surface area (Å²) in [6.07, 6.45) is 0. The average molecular weight is 282 g/mol. The van der Waals surface area contributed by atoms with E-state index in [4.69, 9.17) is 0 Å². The fraction of sp³-hybridized carbons (Fsp3) is 0.0769. The van der Waals surface area contributed by atoms with Crippen LogP contribution in [-0.4, -0.2) is 4.92 Å². The van der Waals surface area contributed by atoms with Crippen LogP contribution in [0.15, 0.2) is 36.4 Å². The van der Waals surface area contributed by atoms with E-state index in [1.54, 1.807) is 6.07 Å². The molecule has 0 saturated heterocycles. The number of hydrogen-bond donors (Lipinski definition) is 1. The van der Waals surface area contributed by atoms with Crippen LogP contribution in [0, 0.1) is 27.6 Å².